The number of rotatable bonds is 2. The van der Waals surface area contributed by atoms with Crippen molar-refractivity contribution in [3.8, 4) is 0 Å². The summed E-state index contributed by atoms with van der Waals surface area (Å²) in [6.45, 7) is 0. The molecule has 0 aliphatic carbocycles. The lowest BCUT2D eigenvalue weighted by Crippen LogP contribution is -2.10. The summed E-state index contributed by atoms with van der Waals surface area (Å²) in [5.74, 6) is 0. The van der Waals surface area contributed by atoms with E-state index in [0.717, 1.165) is 20.2 Å². The molecule has 2 rings (SSSR count). The Balaban J connectivity index is 2.20. The van der Waals surface area contributed by atoms with Gasteiger partial charge in [0.15, 0.2) is 0 Å². The number of hydrogen-bond acceptors (Lipinski definition) is 1. The fraction of sp³-hybridized carbons (Fsp3) is 0. The Hall–Kier alpha value is -0.710. The van der Waals surface area contributed by atoms with Gasteiger partial charge in [-0.25, -0.2) is 0 Å². The first-order chi connectivity index (χ1) is 8.16. The largest absolute Gasteiger partial charge is 0.345 e. The third kappa shape index (κ3) is 3.37. The van der Waals surface area contributed by atoms with Crippen LogP contribution in [0, 0.1) is 0 Å². The highest BCUT2D eigenvalue weighted by Crippen LogP contribution is 2.22. The molecule has 0 saturated heterocycles. The summed E-state index contributed by atoms with van der Waals surface area (Å²) in [4.78, 5) is 0.707. The zero-order chi connectivity index (χ0) is 12.3. The van der Waals surface area contributed by atoms with Crippen molar-refractivity contribution in [2.75, 3.05) is 5.32 Å². The number of anilines is 1. The molecule has 0 aliphatic heterocycles. The zero-order valence-corrected chi connectivity index (χ0v) is 12.8. The van der Waals surface area contributed by atoms with E-state index in [1.165, 1.54) is 0 Å². The lowest BCUT2D eigenvalue weighted by atomic mass is 10.2. The van der Waals surface area contributed by atoms with Crippen LogP contribution in [0.4, 0.5) is 5.69 Å². The van der Waals surface area contributed by atoms with Crippen LogP contribution < -0.4 is 5.32 Å². The Bertz CT molecular complexity index is 555. The zero-order valence-electron chi connectivity index (χ0n) is 8.78. The van der Waals surface area contributed by atoms with Crippen molar-refractivity contribution >= 4 is 54.8 Å². The number of nitrogens with one attached hydrogen (secondary N) is 1. The van der Waals surface area contributed by atoms with Crippen LogP contribution >= 0.6 is 44.1 Å². The fourth-order valence-corrected chi connectivity index (χ4v) is 2.41. The molecule has 0 radical (unpaired) electrons. The second-order valence-electron chi connectivity index (χ2n) is 3.44. The van der Waals surface area contributed by atoms with Gasteiger partial charge in [-0.1, -0.05) is 52.4 Å². The fourth-order valence-electron chi connectivity index (χ4n) is 1.39. The van der Waals surface area contributed by atoms with Crippen molar-refractivity contribution in [2.24, 2.45) is 0 Å². The predicted molar refractivity (Wildman–Crippen MR) is 83.6 cm³/mol. The van der Waals surface area contributed by atoms with Crippen molar-refractivity contribution in [1.82, 2.24) is 0 Å². The highest BCUT2D eigenvalue weighted by molar-refractivity contribution is 9.10. The van der Waals surface area contributed by atoms with Gasteiger partial charge >= 0.3 is 0 Å². The van der Waals surface area contributed by atoms with Gasteiger partial charge in [0.25, 0.3) is 0 Å². The maximum Gasteiger partial charge on any atom is 0.111 e. The molecule has 86 valence electrons. The maximum absolute atomic E-state index is 5.37. The average Bonchev–Trinajstić information content (AvgIpc) is 2.32. The van der Waals surface area contributed by atoms with E-state index >= 15 is 0 Å². The molecule has 0 aliphatic rings. The molecule has 0 heterocycles. The first-order valence-corrected chi connectivity index (χ1v) is 6.98. The molecular weight excluding hydrogens is 362 g/mol. The number of thiocarbonyl (C=S) groups is 1. The van der Waals surface area contributed by atoms with Gasteiger partial charge in [0.05, 0.1) is 5.69 Å². The number of benzene rings is 2. The SMILES string of the molecule is S=C(Nc1ccccc1Br)c1cccc(Br)c1. The van der Waals surface area contributed by atoms with Crippen LogP contribution in [0.5, 0.6) is 0 Å². The molecule has 0 spiro atoms. The van der Waals surface area contributed by atoms with E-state index in [4.69, 9.17) is 12.2 Å². The van der Waals surface area contributed by atoms with Crippen LogP contribution in [0.3, 0.4) is 0 Å². The second-order valence-corrected chi connectivity index (χ2v) is 5.62. The summed E-state index contributed by atoms with van der Waals surface area (Å²) in [5, 5.41) is 3.22. The van der Waals surface area contributed by atoms with E-state index in [1.807, 2.05) is 48.5 Å². The number of para-hydroxylation sites is 1. The average molecular weight is 371 g/mol. The van der Waals surface area contributed by atoms with Crippen LogP contribution in [-0.2, 0) is 0 Å². The van der Waals surface area contributed by atoms with Crippen molar-refractivity contribution in [1.29, 1.82) is 0 Å². The first-order valence-electron chi connectivity index (χ1n) is 4.98. The second kappa shape index (κ2) is 5.76. The molecule has 1 nitrogen and oxygen atoms in total. The van der Waals surface area contributed by atoms with Gasteiger partial charge in [0.1, 0.15) is 4.99 Å². The van der Waals surface area contributed by atoms with E-state index in [1.54, 1.807) is 0 Å². The van der Waals surface area contributed by atoms with Crippen LogP contribution in [0.2, 0.25) is 0 Å². The van der Waals surface area contributed by atoms with Crippen molar-refractivity contribution < 1.29 is 0 Å². The molecule has 2 aromatic rings. The topological polar surface area (TPSA) is 12.0 Å². The highest BCUT2D eigenvalue weighted by Gasteiger charge is 2.04. The van der Waals surface area contributed by atoms with Gasteiger partial charge < -0.3 is 5.32 Å². The maximum atomic E-state index is 5.37. The van der Waals surface area contributed by atoms with Gasteiger partial charge in [-0.05, 0) is 40.2 Å². The quantitative estimate of drug-likeness (QED) is 0.746. The summed E-state index contributed by atoms with van der Waals surface area (Å²) in [7, 11) is 0. The minimum Gasteiger partial charge on any atom is -0.345 e. The molecule has 0 aromatic heterocycles. The minimum absolute atomic E-state index is 0.707. The summed E-state index contributed by atoms with van der Waals surface area (Å²) < 4.78 is 2.02. The van der Waals surface area contributed by atoms with E-state index in [9.17, 15) is 0 Å². The van der Waals surface area contributed by atoms with E-state index in [0.29, 0.717) is 4.99 Å². The molecule has 0 amide bonds. The lowest BCUT2D eigenvalue weighted by molar-refractivity contribution is 1.56. The Morgan fingerprint density at radius 2 is 1.76 bits per heavy atom. The third-order valence-electron chi connectivity index (χ3n) is 2.21. The smallest absolute Gasteiger partial charge is 0.111 e. The van der Waals surface area contributed by atoms with Crippen molar-refractivity contribution in [3.05, 3.63) is 63.0 Å². The summed E-state index contributed by atoms with van der Waals surface area (Å²) in [6, 6.07) is 15.8. The van der Waals surface area contributed by atoms with E-state index in [2.05, 4.69) is 37.2 Å². The molecule has 0 saturated carbocycles. The highest BCUT2D eigenvalue weighted by atomic mass is 79.9. The molecule has 2 aromatic carbocycles. The molecule has 0 unspecified atom stereocenters. The molecule has 4 heteroatoms. The van der Waals surface area contributed by atoms with Crippen LogP contribution in [-0.4, -0.2) is 4.99 Å². The van der Waals surface area contributed by atoms with E-state index < -0.39 is 0 Å². The summed E-state index contributed by atoms with van der Waals surface area (Å²) in [6.07, 6.45) is 0. The summed E-state index contributed by atoms with van der Waals surface area (Å²) >= 11 is 12.3. The van der Waals surface area contributed by atoms with Gasteiger partial charge in [-0.15, -0.1) is 0 Å². The molecular formula is C13H9Br2NS. The van der Waals surface area contributed by atoms with Crippen LogP contribution in [0.25, 0.3) is 0 Å². The molecule has 1 N–H and O–H groups in total. The van der Waals surface area contributed by atoms with Gasteiger partial charge in [-0.2, -0.15) is 0 Å². The normalized spacial score (nSPS) is 10.0. The standard InChI is InChI=1S/C13H9Br2NS/c14-10-5-3-4-9(8-10)13(17)16-12-7-2-1-6-11(12)15/h1-8H,(H,16,17). The Kier molecular flexibility index (Phi) is 4.31. The molecule has 0 fully saturated rings. The van der Waals surface area contributed by atoms with Crippen molar-refractivity contribution in [2.45, 2.75) is 0 Å². The molecule has 17 heavy (non-hydrogen) atoms. The van der Waals surface area contributed by atoms with Crippen LogP contribution in [0.15, 0.2) is 57.5 Å². The van der Waals surface area contributed by atoms with Gasteiger partial charge in [-0.3, -0.25) is 0 Å². The third-order valence-corrected chi connectivity index (χ3v) is 3.73. The van der Waals surface area contributed by atoms with Crippen LogP contribution in [0.1, 0.15) is 5.56 Å². The Morgan fingerprint density at radius 3 is 2.47 bits per heavy atom. The predicted octanol–water partition coefficient (Wildman–Crippen LogP) is 5.00. The monoisotopic (exact) mass is 369 g/mol. The first kappa shape index (κ1) is 12.7. The van der Waals surface area contributed by atoms with E-state index in [-0.39, 0.29) is 0 Å². The molecule has 0 bridgehead atoms. The molecule has 0 atom stereocenters. The van der Waals surface area contributed by atoms with Gasteiger partial charge in [0, 0.05) is 14.5 Å². The number of halogens is 2. The van der Waals surface area contributed by atoms with Gasteiger partial charge in [0.2, 0.25) is 0 Å². The van der Waals surface area contributed by atoms with Crippen molar-refractivity contribution in [3.63, 3.8) is 0 Å². The Labute approximate surface area is 122 Å². The summed E-state index contributed by atoms with van der Waals surface area (Å²) in [5.41, 5.74) is 1.96. The minimum atomic E-state index is 0.707. The Morgan fingerprint density at radius 1 is 1.00 bits per heavy atom. The lowest BCUT2D eigenvalue weighted by Gasteiger charge is -2.09. The number of hydrogen-bond donors (Lipinski definition) is 1.